The van der Waals surface area contributed by atoms with Crippen LogP contribution in [0.25, 0.3) is 20.7 Å². The molecule has 176 valence electrons. The van der Waals surface area contributed by atoms with Crippen LogP contribution in [0.1, 0.15) is 24.1 Å². The van der Waals surface area contributed by atoms with Crippen molar-refractivity contribution in [3.8, 4) is 10.4 Å². The van der Waals surface area contributed by atoms with Crippen LogP contribution in [0, 0.1) is 5.82 Å². The molecular formula is C24H24ClFN6OS. The lowest BCUT2D eigenvalue weighted by Crippen LogP contribution is -2.34. The summed E-state index contributed by atoms with van der Waals surface area (Å²) in [5.41, 5.74) is 4.19. The lowest BCUT2D eigenvalue weighted by molar-refractivity contribution is 0.154. The van der Waals surface area contributed by atoms with E-state index < -0.39 is 5.82 Å². The van der Waals surface area contributed by atoms with Crippen LogP contribution in [-0.4, -0.2) is 55.5 Å². The Morgan fingerprint density at radius 2 is 2.15 bits per heavy atom. The first-order valence-electron chi connectivity index (χ1n) is 11.5. The van der Waals surface area contributed by atoms with E-state index in [9.17, 15) is 9.50 Å². The maximum atomic E-state index is 13.6. The molecule has 0 unspecified atom stereocenters. The van der Waals surface area contributed by atoms with E-state index in [4.69, 9.17) is 16.7 Å². The first-order chi connectivity index (χ1) is 16.6. The highest BCUT2D eigenvalue weighted by Gasteiger charge is 2.27. The molecule has 7 nitrogen and oxygen atoms in total. The average molecular weight is 499 g/mol. The molecule has 4 aromatic rings. The number of rotatable bonds is 6. The largest absolute Gasteiger partial charge is 0.395 e. The summed E-state index contributed by atoms with van der Waals surface area (Å²) in [5, 5.41) is 18.8. The summed E-state index contributed by atoms with van der Waals surface area (Å²) in [6.45, 7) is 2.97. The molecule has 0 spiro atoms. The van der Waals surface area contributed by atoms with Crippen molar-refractivity contribution in [3.63, 3.8) is 0 Å². The van der Waals surface area contributed by atoms with Crippen molar-refractivity contribution in [1.82, 2.24) is 24.6 Å². The van der Waals surface area contributed by atoms with Gasteiger partial charge in [0.1, 0.15) is 22.8 Å². The smallest absolute Gasteiger partial charge is 0.142 e. The van der Waals surface area contributed by atoms with Crippen LogP contribution in [0.15, 0.2) is 30.7 Å². The minimum absolute atomic E-state index is 0.0685. The van der Waals surface area contributed by atoms with Crippen LogP contribution in [0.4, 0.5) is 15.9 Å². The zero-order valence-corrected chi connectivity index (χ0v) is 20.0. The first kappa shape index (κ1) is 21.9. The molecular weight excluding hydrogens is 475 g/mol. The molecule has 1 aliphatic carbocycles. The van der Waals surface area contributed by atoms with Gasteiger partial charge in [-0.25, -0.2) is 14.4 Å². The number of halogens is 2. The van der Waals surface area contributed by atoms with Gasteiger partial charge in [0, 0.05) is 34.9 Å². The normalized spacial score (nSPS) is 17.8. The molecule has 0 radical (unpaired) electrons. The third kappa shape index (κ3) is 3.86. The lowest BCUT2D eigenvalue weighted by Gasteiger charge is -2.22. The van der Waals surface area contributed by atoms with E-state index in [1.54, 1.807) is 29.8 Å². The van der Waals surface area contributed by atoms with Gasteiger partial charge >= 0.3 is 0 Å². The van der Waals surface area contributed by atoms with Crippen LogP contribution in [-0.2, 0) is 19.4 Å². The summed E-state index contributed by atoms with van der Waals surface area (Å²) in [5.74, 6) is 0.249. The fraction of sp³-hybridized carbons (Fsp3) is 0.375. The standard InChI is InChI=1S/C24H24ClFN6OS/c25-18-10-14(3-5-19(18)26)29-23-21-16-4-6-20-17(22(16)34-24(21)28-13-27-23)11-32(30-20)9-8-31-7-1-2-15(31)12-33/h3,5,10-11,13,15,33H,1-2,4,6-9,12H2,(H,27,28,29)/t15-/m0/s1. The van der Waals surface area contributed by atoms with Gasteiger partial charge in [-0.3, -0.25) is 9.58 Å². The molecule has 1 aromatic carbocycles. The Labute approximate surface area is 205 Å². The molecule has 0 bridgehead atoms. The lowest BCUT2D eigenvalue weighted by atomic mass is 9.95. The maximum Gasteiger partial charge on any atom is 0.142 e. The zero-order chi connectivity index (χ0) is 23.2. The van der Waals surface area contributed by atoms with E-state index in [0.717, 1.165) is 61.2 Å². The van der Waals surface area contributed by atoms with Crippen molar-refractivity contribution in [1.29, 1.82) is 0 Å². The topological polar surface area (TPSA) is 79.1 Å². The molecule has 0 amide bonds. The van der Waals surface area contributed by atoms with Crippen molar-refractivity contribution >= 4 is 44.7 Å². The molecule has 2 aliphatic rings. The molecule has 1 saturated heterocycles. The number of nitrogens with zero attached hydrogens (tertiary/aromatic N) is 5. The van der Waals surface area contributed by atoms with Crippen molar-refractivity contribution in [2.24, 2.45) is 0 Å². The molecule has 1 atom stereocenters. The maximum absolute atomic E-state index is 13.6. The molecule has 0 saturated carbocycles. The number of thiophene rings is 1. The quantitative estimate of drug-likeness (QED) is 0.403. The van der Waals surface area contributed by atoms with Gasteiger partial charge in [0.15, 0.2) is 0 Å². The minimum atomic E-state index is -0.450. The summed E-state index contributed by atoms with van der Waals surface area (Å²) >= 11 is 7.62. The minimum Gasteiger partial charge on any atom is -0.395 e. The second-order valence-corrected chi connectivity index (χ2v) is 10.2. The van der Waals surface area contributed by atoms with Gasteiger partial charge in [0.05, 0.1) is 29.3 Å². The third-order valence-corrected chi connectivity index (χ3v) is 8.25. The molecule has 6 rings (SSSR count). The number of aromatic nitrogens is 4. The Bertz CT molecular complexity index is 1370. The Kier molecular flexibility index (Phi) is 5.73. The van der Waals surface area contributed by atoms with E-state index in [-0.39, 0.29) is 17.7 Å². The predicted molar refractivity (Wildman–Crippen MR) is 132 cm³/mol. The molecule has 10 heteroatoms. The van der Waals surface area contributed by atoms with Crippen molar-refractivity contribution in [2.75, 3.05) is 25.0 Å². The second kappa shape index (κ2) is 8.88. The summed E-state index contributed by atoms with van der Waals surface area (Å²) in [6.07, 6.45) is 7.64. The summed E-state index contributed by atoms with van der Waals surface area (Å²) in [4.78, 5) is 13.5. The van der Waals surface area contributed by atoms with E-state index in [2.05, 4.69) is 26.4 Å². The van der Waals surface area contributed by atoms with Crippen LogP contribution >= 0.6 is 22.9 Å². The van der Waals surface area contributed by atoms with Gasteiger partial charge in [-0.2, -0.15) is 5.10 Å². The number of aliphatic hydroxyl groups is 1. The van der Waals surface area contributed by atoms with Gasteiger partial charge in [-0.15, -0.1) is 11.3 Å². The van der Waals surface area contributed by atoms with E-state index >= 15 is 0 Å². The average Bonchev–Trinajstić information content (AvgIpc) is 3.55. The summed E-state index contributed by atoms with van der Waals surface area (Å²) in [6, 6.07) is 4.84. The summed E-state index contributed by atoms with van der Waals surface area (Å²) in [7, 11) is 0. The molecule has 34 heavy (non-hydrogen) atoms. The van der Waals surface area contributed by atoms with Gasteiger partial charge in [-0.1, -0.05) is 11.6 Å². The number of likely N-dealkylation sites (tertiary alicyclic amines) is 1. The molecule has 3 aromatic heterocycles. The molecule has 1 fully saturated rings. The number of hydrogen-bond donors (Lipinski definition) is 2. The van der Waals surface area contributed by atoms with Gasteiger partial charge in [0.25, 0.3) is 0 Å². The van der Waals surface area contributed by atoms with Crippen LogP contribution in [0.2, 0.25) is 5.02 Å². The van der Waals surface area contributed by atoms with E-state index in [0.29, 0.717) is 11.5 Å². The molecule has 1 aliphatic heterocycles. The third-order valence-electron chi connectivity index (χ3n) is 6.79. The predicted octanol–water partition coefficient (Wildman–Crippen LogP) is 4.65. The van der Waals surface area contributed by atoms with Crippen LogP contribution < -0.4 is 5.32 Å². The highest BCUT2D eigenvalue weighted by Crippen LogP contribution is 2.45. The highest BCUT2D eigenvalue weighted by atomic mass is 35.5. The Morgan fingerprint density at radius 1 is 1.24 bits per heavy atom. The number of aliphatic hydroxyl groups excluding tert-OH is 1. The summed E-state index contributed by atoms with van der Waals surface area (Å²) < 4.78 is 15.6. The number of nitrogens with one attached hydrogen (secondary N) is 1. The number of hydrogen-bond acceptors (Lipinski definition) is 7. The van der Waals surface area contributed by atoms with E-state index in [1.165, 1.54) is 22.1 Å². The number of benzene rings is 1. The van der Waals surface area contributed by atoms with Crippen molar-refractivity contribution < 1.29 is 9.50 Å². The van der Waals surface area contributed by atoms with Crippen molar-refractivity contribution in [2.45, 2.75) is 38.3 Å². The van der Waals surface area contributed by atoms with Crippen LogP contribution in [0.3, 0.4) is 0 Å². The van der Waals surface area contributed by atoms with E-state index in [1.807, 2.05) is 4.68 Å². The number of aryl methyl sites for hydroxylation is 2. The van der Waals surface area contributed by atoms with Gasteiger partial charge in [0.2, 0.25) is 0 Å². The Balaban J connectivity index is 1.30. The SMILES string of the molecule is OC[C@@H]1CCCN1CCn1cc2c(n1)CCc1c-2sc2ncnc(Nc3ccc(F)c(Cl)c3)c12. The second-order valence-electron chi connectivity index (χ2n) is 8.83. The Morgan fingerprint density at radius 3 is 3.00 bits per heavy atom. The zero-order valence-electron chi connectivity index (χ0n) is 18.5. The fourth-order valence-corrected chi connectivity index (χ4v) is 6.48. The van der Waals surface area contributed by atoms with Crippen molar-refractivity contribution in [3.05, 3.63) is 52.8 Å². The Hall–Kier alpha value is -2.59. The highest BCUT2D eigenvalue weighted by molar-refractivity contribution is 7.22. The fourth-order valence-electron chi connectivity index (χ4n) is 5.07. The number of anilines is 2. The monoisotopic (exact) mass is 498 g/mol. The van der Waals surface area contributed by atoms with Gasteiger partial charge in [-0.05, 0) is 56.0 Å². The van der Waals surface area contributed by atoms with Gasteiger partial charge < -0.3 is 10.4 Å². The molecule has 2 N–H and O–H groups in total. The number of fused-ring (bicyclic) bond motifs is 5. The molecule has 4 heterocycles. The van der Waals surface area contributed by atoms with Crippen LogP contribution in [0.5, 0.6) is 0 Å². The first-order valence-corrected chi connectivity index (χ1v) is 12.7.